The van der Waals surface area contributed by atoms with Gasteiger partial charge in [0.25, 0.3) is 5.91 Å². The van der Waals surface area contributed by atoms with Crippen LogP contribution in [-0.2, 0) is 23.6 Å². The molecule has 0 spiro atoms. The van der Waals surface area contributed by atoms with E-state index in [2.05, 4.69) is 4.98 Å². The van der Waals surface area contributed by atoms with E-state index in [1.165, 1.54) is 15.6 Å². The van der Waals surface area contributed by atoms with Crippen molar-refractivity contribution in [3.05, 3.63) is 58.2 Å². The molecule has 7 nitrogen and oxygen atoms in total. The number of likely N-dealkylation sites (tertiary alicyclic amines) is 1. The van der Waals surface area contributed by atoms with E-state index in [0.717, 1.165) is 37.9 Å². The Morgan fingerprint density at radius 2 is 1.79 bits per heavy atom. The van der Waals surface area contributed by atoms with E-state index in [1.807, 2.05) is 53.8 Å². The predicted octanol–water partition coefficient (Wildman–Crippen LogP) is 4.21. The summed E-state index contributed by atoms with van der Waals surface area (Å²) in [5, 5.41) is 0.658. The molecule has 4 rings (SSSR count). The van der Waals surface area contributed by atoms with Crippen molar-refractivity contribution < 1.29 is 13.2 Å². The average molecular weight is 487 g/mol. The van der Waals surface area contributed by atoms with Crippen molar-refractivity contribution in [1.82, 2.24) is 18.8 Å². The molecule has 1 amide bonds. The average Bonchev–Trinajstić information content (AvgIpc) is 3.34. The first-order chi connectivity index (χ1) is 15.7. The van der Waals surface area contributed by atoms with Crippen molar-refractivity contribution in [2.75, 3.05) is 20.1 Å². The quantitative estimate of drug-likeness (QED) is 0.523. The van der Waals surface area contributed by atoms with Crippen LogP contribution in [0.3, 0.4) is 0 Å². The van der Waals surface area contributed by atoms with Gasteiger partial charge < -0.3 is 9.47 Å². The van der Waals surface area contributed by atoms with Gasteiger partial charge in [0.2, 0.25) is 10.0 Å². The zero-order valence-electron chi connectivity index (χ0n) is 19.5. The molecule has 2 aromatic heterocycles. The number of aromatic nitrogens is 2. The molecule has 1 aliphatic heterocycles. The summed E-state index contributed by atoms with van der Waals surface area (Å²) >= 11 is 1.34. The third-order valence-electron chi connectivity index (χ3n) is 6.28. The first kappa shape index (κ1) is 23.7. The van der Waals surface area contributed by atoms with Crippen LogP contribution in [0.15, 0.2) is 41.3 Å². The number of carbonyl (C=O) groups is 1. The molecule has 176 valence electrons. The molecule has 1 fully saturated rings. The summed E-state index contributed by atoms with van der Waals surface area (Å²) < 4.78 is 30.0. The van der Waals surface area contributed by atoms with E-state index in [-0.39, 0.29) is 17.3 Å². The molecule has 1 saturated heterocycles. The Morgan fingerprint density at radius 1 is 1.12 bits per heavy atom. The van der Waals surface area contributed by atoms with Gasteiger partial charge in [0.15, 0.2) is 0 Å². The molecule has 9 heteroatoms. The Morgan fingerprint density at radius 3 is 2.45 bits per heavy atom. The summed E-state index contributed by atoms with van der Waals surface area (Å²) in [7, 11) is -0.268. The molecule has 0 N–H and O–H groups in total. The summed E-state index contributed by atoms with van der Waals surface area (Å²) in [5.41, 5.74) is 2.95. The van der Waals surface area contributed by atoms with E-state index in [0.29, 0.717) is 27.0 Å². The van der Waals surface area contributed by atoms with Crippen molar-refractivity contribution in [3.63, 3.8) is 0 Å². The highest BCUT2D eigenvalue weighted by Crippen LogP contribution is 2.34. The Bertz CT molecular complexity index is 1260. The van der Waals surface area contributed by atoms with E-state index in [9.17, 15) is 13.2 Å². The van der Waals surface area contributed by atoms with Crippen LogP contribution in [0, 0.1) is 13.8 Å². The molecule has 1 aliphatic rings. The largest absolute Gasteiger partial charge is 0.345 e. The fourth-order valence-electron chi connectivity index (χ4n) is 4.18. The molecule has 33 heavy (non-hydrogen) atoms. The van der Waals surface area contributed by atoms with Gasteiger partial charge in [0.1, 0.15) is 14.8 Å². The molecular weight excluding hydrogens is 456 g/mol. The zero-order valence-corrected chi connectivity index (χ0v) is 21.2. The number of piperidine rings is 1. The number of carbonyl (C=O) groups excluding carboxylic acids is 1. The monoisotopic (exact) mass is 486 g/mol. The van der Waals surface area contributed by atoms with Crippen LogP contribution in [0.4, 0.5) is 0 Å². The minimum absolute atomic E-state index is 0.0253. The van der Waals surface area contributed by atoms with Gasteiger partial charge >= 0.3 is 0 Å². The van der Waals surface area contributed by atoms with E-state index >= 15 is 0 Å². The maximum absolute atomic E-state index is 13.4. The van der Waals surface area contributed by atoms with Gasteiger partial charge in [-0.2, -0.15) is 4.31 Å². The Hall–Kier alpha value is -2.49. The van der Waals surface area contributed by atoms with Gasteiger partial charge in [0, 0.05) is 39.4 Å². The zero-order chi connectivity index (χ0) is 23.8. The minimum atomic E-state index is -3.70. The highest BCUT2D eigenvalue weighted by Gasteiger charge is 2.29. The van der Waals surface area contributed by atoms with Crippen molar-refractivity contribution in [2.45, 2.75) is 44.6 Å². The molecule has 0 atom stereocenters. The number of benzene rings is 1. The number of hydrogen-bond acceptors (Lipinski definition) is 5. The van der Waals surface area contributed by atoms with E-state index in [1.54, 1.807) is 20.0 Å². The van der Waals surface area contributed by atoms with Crippen molar-refractivity contribution in [3.8, 4) is 10.7 Å². The van der Waals surface area contributed by atoms with Gasteiger partial charge in [-0.3, -0.25) is 4.79 Å². The Labute approximate surface area is 199 Å². The maximum atomic E-state index is 13.4. The molecule has 1 aromatic carbocycles. The summed E-state index contributed by atoms with van der Waals surface area (Å²) in [5.74, 6) is 0.0253. The molecule has 3 aromatic rings. The lowest BCUT2D eigenvalue weighted by atomic mass is 10.1. The van der Waals surface area contributed by atoms with E-state index in [4.69, 9.17) is 0 Å². The molecular formula is C24H30N4O3S2. The van der Waals surface area contributed by atoms with Crippen LogP contribution >= 0.6 is 11.3 Å². The lowest BCUT2D eigenvalue weighted by Gasteiger charge is -2.26. The lowest BCUT2D eigenvalue weighted by Crippen LogP contribution is -2.35. The van der Waals surface area contributed by atoms with Crippen LogP contribution < -0.4 is 0 Å². The van der Waals surface area contributed by atoms with Crippen LogP contribution in [0.5, 0.6) is 0 Å². The standard InChI is InChI=1S/C24H30N4O3S2/c1-17-22(24(29)28-13-9-6-10-14-28)32-23(25-17)20-15-21(18(2)27(20)4)33(30,31)26(3)16-19-11-7-5-8-12-19/h5,7-8,11-12,15H,6,9-10,13-14,16H2,1-4H3. The van der Waals surface area contributed by atoms with Gasteiger partial charge in [-0.15, -0.1) is 11.3 Å². The minimum Gasteiger partial charge on any atom is -0.345 e. The third-order valence-corrected chi connectivity index (χ3v) is 9.37. The van der Waals surface area contributed by atoms with Crippen molar-refractivity contribution in [1.29, 1.82) is 0 Å². The molecule has 0 aliphatic carbocycles. The molecule has 0 saturated carbocycles. The second-order valence-corrected chi connectivity index (χ2v) is 11.6. The fraction of sp³-hybridized carbons (Fsp3) is 0.417. The maximum Gasteiger partial charge on any atom is 0.265 e. The second kappa shape index (κ2) is 9.40. The Balaban J connectivity index is 1.64. The smallest absolute Gasteiger partial charge is 0.265 e. The molecule has 0 radical (unpaired) electrons. The first-order valence-electron chi connectivity index (χ1n) is 11.1. The van der Waals surface area contributed by atoms with Crippen molar-refractivity contribution >= 4 is 27.3 Å². The molecule has 0 unspecified atom stereocenters. The lowest BCUT2D eigenvalue weighted by molar-refractivity contribution is 0.0728. The van der Waals surface area contributed by atoms with Gasteiger partial charge in [0.05, 0.1) is 11.4 Å². The fourth-order valence-corrected chi connectivity index (χ4v) is 6.69. The molecule has 3 heterocycles. The summed E-state index contributed by atoms with van der Waals surface area (Å²) in [6.45, 7) is 5.50. The number of rotatable bonds is 6. The second-order valence-electron chi connectivity index (χ2n) is 8.57. The van der Waals surface area contributed by atoms with E-state index < -0.39 is 10.0 Å². The van der Waals surface area contributed by atoms with Crippen LogP contribution in [-0.4, -0.2) is 53.2 Å². The predicted molar refractivity (Wildman–Crippen MR) is 131 cm³/mol. The normalized spacial score (nSPS) is 14.8. The van der Waals surface area contributed by atoms with Gasteiger partial charge in [-0.25, -0.2) is 13.4 Å². The van der Waals surface area contributed by atoms with Crippen molar-refractivity contribution in [2.24, 2.45) is 7.05 Å². The summed E-state index contributed by atoms with van der Waals surface area (Å²) in [4.78, 5) is 20.5. The number of amides is 1. The topological polar surface area (TPSA) is 75.5 Å². The number of sulfonamides is 1. The SMILES string of the molecule is Cc1nc(-c2cc(S(=O)(=O)N(C)Cc3ccccc3)c(C)n2C)sc1C(=O)N1CCCCC1. The van der Waals surface area contributed by atoms with Gasteiger partial charge in [-0.05, 0) is 44.7 Å². The summed E-state index contributed by atoms with van der Waals surface area (Å²) in [6, 6.07) is 11.2. The molecule has 0 bridgehead atoms. The number of aryl methyl sites for hydroxylation is 1. The third kappa shape index (κ3) is 4.62. The number of thiazole rings is 1. The Kier molecular flexibility index (Phi) is 6.74. The van der Waals surface area contributed by atoms with Crippen LogP contribution in [0.25, 0.3) is 10.7 Å². The summed E-state index contributed by atoms with van der Waals surface area (Å²) in [6.07, 6.45) is 3.23. The van der Waals surface area contributed by atoms with Crippen LogP contribution in [0.2, 0.25) is 0 Å². The highest BCUT2D eigenvalue weighted by atomic mass is 32.2. The number of nitrogens with zero attached hydrogens (tertiary/aromatic N) is 4. The van der Waals surface area contributed by atoms with Crippen LogP contribution in [0.1, 0.15) is 45.9 Å². The first-order valence-corrected chi connectivity index (χ1v) is 13.4. The van der Waals surface area contributed by atoms with Gasteiger partial charge in [-0.1, -0.05) is 30.3 Å². The number of hydrogen-bond donors (Lipinski definition) is 0. The highest BCUT2D eigenvalue weighted by molar-refractivity contribution is 7.89.